The van der Waals surface area contributed by atoms with Crippen molar-refractivity contribution >= 4 is 44.3 Å². The minimum Gasteiger partial charge on any atom is -0.494 e. The zero-order chi connectivity index (χ0) is 21.8. The van der Waals surface area contributed by atoms with E-state index in [1.54, 1.807) is 4.90 Å². The van der Waals surface area contributed by atoms with Crippen LogP contribution in [0.1, 0.15) is 20.3 Å². The van der Waals surface area contributed by atoms with Crippen LogP contribution >= 0.6 is 11.3 Å². The van der Waals surface area contributed by atoms with E-state index in [1.807, 2.05) is 56.3 Å². The lowest BCUT2D eigenvalue weighted by molar-refractivity contribution is -0.117. The molecule has 9 heteroatoms. The summed E-state index contributed by atoms with van der Waals surface area (Å²) < 4.78 is 11.9. The van der Waals surface area contributed by atoms with Gasteiger partial charge in [-0.2, -0.15) is 0 Å². The largest absolute Gasteiger partial charge is 0.494 e. The molecule has 4 rings (SSSR count). The number of urea groups is 1. The first kappa shape index (κ1) is 20.9. The summed E-state index contributed by atoms with van der Waals surface area (Å²) in [6.07, 6.45) is 0.248. The second kappa shape index (κ2) is 9.22. The molecular weight excluding hydrogens is 416 g/mol. The monoisotopic (exact) mass is 440 g/mol. The van der Waals surface area contributed by atoms with Crippen molar-refractivity contribution < 1.29 is 19.1 Å². The number of hydrogen-bond acceptors (Lipinski definition) is 6. The van der Waals surface area contributed by atoms with Crippen LogP contribution in [0.3, 0.4) is 0 Å². The third-order valence-corrected chi connectivity index (χ3v) is 5.74. The minimum absolute atomic E-state index is 0.0297. The Hall–Kier alpha value is -3.33. The summed E-state index contributed by atoms with van der Waals surface area (Å²) in [6, 6.07) is 12.3. The van der Waals surface area contributed by atoms with E-state index in [0.29, 0.717) is 24.9 Å². The number of ether oxygens (including phenoxy) is 2. The van der Waals surface area contributed by atoms with Crippen LogP contribution in [0, 0.1) is 0 Å². The third kappa shape index (κ3) is 4.88. The molecule has 2 aromatic carbocycles. The lowest BCUT2D eigenvalue weighted by atomic mass is 10.2. The van der Waals surface area contributed by atoms with Gasteiger partial charge in [-0.05, 0) is 56.3 Å². The predicted molar refractivity (Wildman–Crippen MR) is 121 cm³/mol. The number of benzene rings is 2. The Morgan fingerprint density at radius 1 is 1.13 bits per heavy atom. The van der Waals surface area contributed by atoms with E-state index in [4.69, 9.17) is 9.47 Å². The fourth-order valence-electron chi connectivity index (χ4n) is 3.48. The molecule has 1 fully saturated rings. The van der Waals surface area contributed by atoms with Gasteiger partial charge in [0, 0.05) is 18.7 Å². The summed E-state index contributed by atoms with van der Waals surface area (Å²) >= 11 is 1.37. The quantitative estimate of drug-likeness (QED) is 0.579. The summed E-state index contributed by atoms with van der Waals surface area (Å²) in [5.74, 6) is 1.50. The lowest BCUT2D eigenvalue weighted by Gasteiger charge is -2.17. The molecule has 2 N–H and O–H groups in total. The van der Waals surface area contributed by atoms with Gasteiger partial charge in [-0.3, -0.25) is 10.1 Å². The van der Waals surface area contributed by atoms with Crippen molar-refractivity contribution in [2.24, 2.45) is 0 Å². The molecule has 1 saturated heterocycles. The van der Waals surface area contributed by atoms with Crippen LogP contribution < -0.4 is 25.0 Å². The molecule has 0 spiro atoms. The third-order valence-electron chi connectivity index (χ3n) is 4.81. The zero-order valence-electron chi connectivity index (χ0n) is 17.4. The van der Waals surface area contributed by atoms with Gasteiger partial charge < -0.3 is 19.7 Å². The van der Waals surface area contributed by atoms with E-state index in [2.05, 4.69) is 15.6 Å². The van der Waals surface area contributed by atoms with Crippen molar-refractivity contribution in [2.75, 3.05) is 30.0 Å². The number of amides is 3. The second-order valence-corrected chi connectivity index (χ2v) is 8.04. The molecule has 3 amide bonds. The summed E-state index contributed by atoms with van der Waals surface area (Å²) in [7, 11) is 0. The first-order chi connectivity index (χ1) is 15.1. The zero-order valence-corrected chi connectivity index (χ0v) is 18.2. The normalized spacial score (nSPS) is 15.9. The molecule has 0 saturated carbocycles. The van der Waals surface area contributed by atoms with Crippen LogP contribution in [0.5, 0.6) is 11.5 Å². The Kier molecular flexibility index (Phi) is 6.22. The highest BCUT2D eigenvalue weighted by Crippen LogP contribution is 2.29. The Morgan fingerprint density at radius 3 is 2.58 bits per heavy atom. The van der Waals surface area contributed by atoms with Crippen LogP contribution in [0.25, 0.3) is 10.2 Å². The summed E-state index contributed by atoms with van der Waals surface area (Å²) in [5.41, 5.74) is 1.58. The Labute approximate surface area is 184 Å². The number of nitrogens with zero attached hydrogens (tertiary/aromatic N) is 2. The molecule has 0 aliphatic carbocycles. The van der Waals surface area contributed by atoms with E-state index in [0.717, 1.165) is 27.4 Å². The molecule has 31 heavy (non-hydrogen) atoms. The second-order valence-electron chi connectivity index (χ2n) is 7.01. The maximum Gasteiger partial charge on any atom is 0.321 e. The molecule has 1 unspecified atom stereocenters. The number of hydrogen-bond donors (Lipinski definition) is 2. The molecule has 0 bridgehead atoms. The van der Waals surface area contributed by atoms with E-state index in [-0.39, 0.29) is 24.4 Å². The minimum atomic E-state index is -0.379. The molecule has 1 aliphatic heterocycles. The van der Waals surface area contributed by atoms with Crippen LogP contribution in [0.2, 0.25) is 0 Å². The van der Waals surface area contributed by atoms with Crippen LogP contribution in [-0.2, 0) is 4.79 Å². The van der Waals surface area contributed by atoms with Crippen molar-refractivity contribution in [1.82, 2.24) is 10.3 Å². The van der Waals surface area contributed by atoms with Crippen molar-refractivity contribution in [2.45, 2.75) is 26.3 Å². The highest BCUT2D eigenvalue weighted by Gasteiger charge is 2.31. The van der Waals surface area contributed by atoms with Gasteiger partial charge in [0.05, 0.1) is 29.5 Å². The number of anilines is 2. The number of thiazole rings is 1. The summed E-state index contributed by atoms with van der Waals surface area (Å²) in [5, 5.41) is 6.14. The highest BCUT2D eigenvalue weighted by atomic mass is 32.1. The van der Waals surface area contributed by atoms with Crippen molar-refractivity contribution in [3.05, 3.63) is 42.5 Å². The number of carbonyl (C=O) groups is 2. The molecule has 1 aromatic heterocycles. The van der Waals surface area contributed by atoms with Gasteiger partial charge in [0.15, 0.2) is 5.13 Å². The molecule has 8 nitrogen and oxygen atoms in total. The average Bonchev–Trinajstić information content (AvgIpc) is 3.31. The first-order valence-electron chi connectivity index (χ1n) is 10.2. The van der Waals surface area contributed by atoms with Gasteiger partial charge in [0.2, 0.25) is 5.91 Å². The van der Waals surface area contributed by atoms with Crippen molar-refractivity contribution in [3.63, 3.8) is 0 Å². The standard InChI is InChI=1S/C22H24N4O4S/c1-3-29-16-7-5-15(6-8-16)26-13-14(11-20(26)27)23-21(28)25-22-24-18-10-9-17(30-4-2)12-19(18)31-22/h5-10,12,14H,3-4,11,13H2,1-2H3,(H2,23,24,25,28). The Balaban J connectivity index is 1.35. The average molecular weight is 441 g/mol. The Bertz CT molecular complexity index is 1080. The first-order valence-corrected chi connectivity index (χ1v) is 11.0. The molecule has 1 aliphatic rings. The molecule has 0 radical (unpaired) electrons. The van der Waals surface area contributed by atoms with Crippen molar-refractivity contribution in [3.8, 4) is 11.5 Å². The van der Waals surface area contributed by atoms with E-state index in [1.165, 1.54) is 11.3 Å². The van der Waals surface area contributed by atoms with Gasteiger partial charge in [-0.15, -0.1) is 0 Å². The van der Waals surface area contributed by atoms with Crippen LogP contribution in [-0.4, -0.2) is 42.7 Å². The van der Waals surface area contributed by atoms with Crippen LogP contribution in [0.15, 0.2) is 42.5 Å². The summed E-state index contributed by atoms with van der Waals surface area (Å²) in [4.78, 5) is 31.0. The number of nitrogens with one attached hydrogen (secondary N) is 2. The topological polar surface area (TPSA) is 92.8 Å². The molecule has 2 heterocycles. The van der Waals surface area contributed by atoms with Gasteiger partial charge in [-0.1, -0.05) is 11.3 Å². The fraction of sp³-hybridized carbons (Fsp3) is 0.318. The SMILES string of the molecule is CCOc1ccc(N2CC(NC(=O)Nc3nc4ccc(OCC)cc4s3)CC2=O)cc1. The number of carbonyl (C=O) groups excluding carboxylic acids is 2. The number of aromatic nitrogens is 1. The van der Waals surface area contributed by atoms with E-state index >= 15 is 0 Å². The smallest absolute Gasteiger partial charge is 0.321 e. The van der Waals surface area contributed by atoms with Crippen LogP contribution in [0.4, 0.5) is 15.6 Å². The van der Waals surface area contributed by atoms with E-state index < -0.39 is 0 Å². The van der Waals surface area contributed by atoms with E-state index in [9.17, 15) is 9.59 Å². The van der Waals surface area contributed by atoms with Gasteiger partial charge in [-0.25, -0.2) is 9.78 Å². The highest BCUT2D eigenvalue weighted by molar-refractivity contribution is 7.22. The number of fused-ring (bicyclic) bond motifs is 1. The van der Waals surface area contributed by atoms with Gasteiger partial charge >= 0.3 is 6.03 Å². The lowest BCUT2D eigenvalue weighted by Crippen LogP contribution is -2.39. The fourth-order valence-corrected chi connectivity index (χ4v) is 4.37. The van der Waals surface area contributed by atoms with Gasteiger partial charge in [0.25, 0.3) is 0 Å². The maximum atomic E-state index is 12.5. The summed E-state index contributed by atoms with van der Waals surface area (Å²) in [6.45, 7) is 5.44. The predicted octanol–water partition coefficient (Wildman–Crippen LogP) is 4.02. The Morgan fingerprint density at radius 2 is 1.84 bits per heavy atom. The maximum absolute atomic E-state index is 12.5. The van der Waals surface area contributed by atoms with Gasteiger partial charge in [0.1, 0.15) is 11.5 Å². The molecule has 1 atom stereocenters. The molecule has 162 valence electrons. The van der Waals surface area contributed by atoms with Crippen molar-refractivity contribution in [1.29, 1.82) is 0 Å². The number of rotatable bonds is 7. The molecular formula is C22H24N4O4S. The molecule has 3 aromatic rings.